The Morgan fingerprint density at radius 1 is 1.35 bits per heavy atom. The second kappa shape index (κ2) is 3.98. The highest BCUT2D eigenvalue weighted by Gasteiger charge is 2.16. The monoisotopic (exact) mass is 244 g/mol. The molecule has 0 saturated heterocycles. The van der Waals surface area contributed by atoms with E-state index in [9.17, 15) is 5.11 Å². The van der Waals surface area contributed by atoms with E-state index in [0.717, 1.165) is 27.2 Å². The van der Waals surface area contributed by atoms with E-state index in [0.29, 0.717) is 0 Å². The molecular formula is C13H12N2OS. The Hall–Kier alpha value is -1.65. The fourth-order valence-corrected chi connectivity index (χ4v) is 2.78. The van der Waals surface area contributed by atoms with Gasteiger partial charge in [0.05, 0.1) is 0 Å². The topological polar surface area (TPSA) is 48.9 Å². The average molecular weight is 244 g/mol. The van der Waals surface area contributed by atoms with Gasteiger partial charge in [-0.3, -0.25) is 0 Å². The van der Waals surface area contributed by atoms with Crippen molar-refractivity contribution in [3.8, 4) is 0 Å². The molecule has 0 fully saturated rings. The Bertz CT molecular complexity index is 656. The molecule has 0 radical (unpaired) electrons. The van der Waals surface area contributed by atoms with Crippen LogP contribution >= 0.6 is 11.3 Å². The maximum atomic E-state index is 10.4. The quantitative estimate of drug-likeness (QED) is 0.728. The number of aliphatic hydroxyl groups is 1. The SMILES string of the molecule is Cc1csc(C(O)c2cccc3[nH]ccc23)n1. The normalized spacial score (nSPS) is 13.1. The minimum atomic E-state index is -0.645. The van der Waals surface area contributed by atoms with Crippen LogP contribution in [0.15, 0.2) is 35.8 Å². The van der Waals surface area contributed by atoms with Gasteiger partial charge in [0.15, 0.2) is 0 Å². The van der Waals surface area contributed by atoms with Crippen molar-refractivity contribution in [1.82, 2.24) is 9.97 Å². The number of thiazole rings is 1. The van der Waals surface area contributed by atoms with Crippen molar-refractivity contribution in [3.63, 3.8) is 0 Å². The fourth-order valence-electron chi connectivity index (χ4n) is 1.98. The molecule has 3 nitrogen and oxygen atoms in total. The summed E-state index contributed by atoms with van der Waals surface area (Å²) in [4.78, 5) is 7.48. The molecular weight excluding hydrogens is 232 g/mol. The van der Waals surface area contributed by atoms with Gasteiger partial charge in [-0.15, -0.1) is 11.3 Å². The molecule has 86 valence electrons. The summed E-state index contributed by atoms with van der Waals surface area (Å²) in [6.07, 6.45) is 1.24. The van der Waals surface area contributed by atoms with Crippen LogP contribution in [0.5, 0.6) is 0 Å². The predicted octanol–water partition coefficient (Wildman–Crippen LogP) is 3.01. The van der Waals surface area contributed by atoms with Crippen LogP contribution in [-0.4, -0.2) is 15.1 Å². The average Bonchev–Trinajstić information content (AvgIpc) is 2.95. The molecule has 2 aromatic heterocycles. The first-order valence-electron chi connectivity index (χ1n) is 5.42. The summed E-state index contributed by atoms with van der Waals surface area (Å²) in [6.45, 7) is 1.93. The Labute approximate surface area is 103 Å². The highest BCUT2D eigenvalue weighted by Crippen LogP contribution is 2.29. The van der Waals surface area contributed by atoms with Gasteiger partial charge in [0.25, 0.3) is 0 Å². The minimum absolute atomic E-state index is 0.645. The second-order valence-electron chi connectivity index (χ2n) is 4.02. The predicted molar refractivity (Wildman–Crippen MR) is 69.2 cm³/mol. The molecule has 0 aliphatic heterocycles. The lowest BCUT2D eigenvalue weighted by molar-refractivity contribution is 0.221. The van der Waals surface area contributed by atoms with E-state index in [1.54, 1.807) is 0 Å². The molecule has 0 spiro atoms. The van der Waals surface area contributed by atoms with Gasteiger partial charge < -0.3 is 10.1 Å². The molecule has 0 amide bonds. The van der Waals surface area contributed by atoms with Crippen LogP contribution in [0.3, 0.4) is 0 Å². The first-order valence-corrected chi connectivity index (χ1v) is 6.30. The number of aromatic amines is 1. The zero-order valence-corrected chi connectivity index (χ0v) is 10.2. The van der Waals surface area contributed by atoms with Gasteiger partial charge in [-0.25, -0.2) is 4.98 Å². The molecule has 1 atom stereocenters. The Kier molecular flexibility index (Phi) is 2.46. The van der Waals surface area contributed by atoms with Crippen LogP contribution in [0, 0.1) is 6.92 Å². The van der Waals surface area contributed by atoms with Gasteiger partial charge in [-0.05, 0) is 24.6 Å². The summed E-state index contributed by atoms with van der Waals surface area (Å²) < 4.78 is 0. The number of H-pyrrole nitrogens is 1. The van der Waals surface area contributed by atoms with Crippen molar-refractivity contribution < 1.29 is 5.11 Å². The molecule has 0 saturated carbocycles. The van der Waals surface area contributed by atoms with E-state index in [4.69, 9.17) is 0 Å². The number of nitrogens with zero attached hydrogens (tertiary/aromatic N) is 1. The molecule has 2 N–H and O–H groups in total. The number of hydrogen-bond donors (Lipinski definition) is 2. The molecule has 0 aliphatic rings. The maximum Gasteiger partial charge on any atom is 0.131 e. The lowest BCUT2D eigenvalue weighted by Crippen LogP contribution is -1.99. The smallest absolute Gasteiger partial charge is 0.131 e. The molecule has 0 bridgehead atoms. The van der Waals surface area contributed by atoms with E-state index in [2.05, 4.69) is 9.97 Å². The maximum absolute atomic E-state index is 10.4. The van der Waals surface area contributed by atoms with Crippen molar-refractivity contribution >= 4 is 22.2 Å². The van der Waals surface area contributed by atoms with Crippen molar-refractivity contribution in [3.05, 3.63) is 52.1 Å². The van der Waals surface area contributed by atoms with Gasteiger partial charge in [0, 0.05) is 28.2 Å². The molecule has 2 heterocycles. The summed E-state index contributed by atoms with van der Waals surface area (Å²) in [5.74, 6) is 0. The number of hydrogen-bond acceptors (Lipinski definition) is 3. The van der Waals surface area contributed by atoms with Gasteiger partial charge in [0.2, 0.25) is 0 Å². The first kappa shape index (κ1) is 10.5. The van der Waals surface area contributed by atoms with Gasteiger partial charge in [-0.2, -0.15) is 0 Å². The van der Waals surface area contributed by atoms with E-state index in [-0.39, 0.29) is 0 Å². The summed E-state index contributed by atoms with van der Waals surface area (Å²) >= 11 is 1.49. The third-order valence-electron chi connectivity index (χ3n) is 2.79. The Balaban J connectivity index is 2.12. The van der Waals surface area contributed by atoms with E-state index >= 15 is 0 Å². The standard InChI is InChI=1S/C13H12N2OS/c1-8-7-17-13(15-8)12(16)10-3-2-4-11-9(10)5-6-14-11/h2-7,12,14,16H,1H3. The van der Waals surface area contributed by atoms with E-state index < -0.39 is 6.10 Å². The second-order valence-corrected chi connectivity index (χ2v) is 4.91. The molecule has 0 aliphatic carbocycles. The van der Waals surface area contributed by atoms with Crippen LogP contribution in [0.2, 0.25) is 0 Å². The zero-order valence-electron chi connectivity index (χ0n) is 9.34. The van der Waals surface area contributed by atoms with Crippen molar-refractivity contribution in [2.24, 2.45) is 0 Å². The van der Waals surface area contributed by atoms with Crippen LogP contribution < -0.4 is 0 Å². The van der Waals surface area contributed by atoms with Crippen molar-refractivity contribution in [2.75, 3.05) is 0 Å². The summed E-state index contributed by atoms with van der Waals surface area (Å²) in [6, 6.07) is 7.86. The third kappa shape index (κ3) is 1.75. The molecule has 4 heteroatoms. The number of rotatable bonds is 2. The number of nitrogens with one attached hydrogen (secondary N) is 1. The number of aryl methyl sites for hydroxylation is 1. The highest BCUT2D eigenvalue weighted by atomic mass is 32.1. The van der Waals surface area contributed by atoms with Crippen LogP contribution in [0.1, 0.15) is 22.4 Å². The van der Waals surface area contributed by atoms with Crippen LogP contribution in [0.4, 0.5) is 0 Å². The lowest BCUT2D eigenvalue weighted by atomic mass is 10.1. The highest BCUT2D eigenvalue weighted by molar-refractivity contribution is 7.09. The molecule has 1 aromatic carbocycles. The van der Waals surface area contributed by atoms with E-state index in [1.165, 1.54) is 11.3 Å². The van der Waals surface area contributed by atoms with Gasteiger partial charge >= 0.3 is 0 Å². The van der Waals surface area contributed by atoms with Gasteiger partial charge in [-0.1, -0.05) is 12.1 Å². The summed E-state index contributed by atoms with van der Waals surface area (Å²) in [7, 11) is 0. The molecule has 3 aromatic rings. The Morgan fingerprint density at radius 2 is 2.24 bits per heavy atom. The number of aliphatic hydroxyl groups excluding tert-OH is 1. The third-order valence-corrected chi connectivity index (χ3v) is 3.81. The number of aromatic nitrogens is 2. The van der Waals surface area contributed by atoms with E-state index in [1.807, 2.05) is 42.8 Å². The fraction of sp³-hybridized carbons (Fsp3) is 0.154. The number of fused-ring (bicyclic) bond motifs is 1. The van der Waals surface area contributed by atoms with Gasteiger partial charge in [0.1, 0.15) is 11.1 Å². The summed E-state index contributed by atoms with van der Waals surface area (Å²) in [5, 5.41) is 14.1. The van der Waals surface area contributed by atoms with Crippen molar-refractivity contribution in [2.45, 2.75) is 13.0 Å². The van der Waals surface area contributed by atoms with Crippen molar-refractivity contribution in [1.29, 1.82) is 0 Å². The molecule has 3 rings (SSSR count). The largest absolute Gasteiger partial charge is 0.381 e. The molecule has 17 heavy (non-hydrogen) atoms. The minimum Gasteiger partial charge on any atom is -0.381 e. The summed E-state index contributed by atoms with van der Waals surface area (Å²) in [5.41, 5.74) is 2.89. The Morgan fingerprint density at radius 3 is 3.00 bits per heavy atom. The lowest BCUT2D eigenvalue weighted by Gasteiger charge is -2.09. The number of benzene rings is 1. The van der Waals surface area contributed by atoms with Crippen LogP contribution in [0.25, 0.3) is 10.9 Å². The first-order chi connectivity index (χ1) is 8.25. The molecule has 1 unspecified atom stereocenters. The zero-order chi connectivity index (χ0) is 11.8. The van der Waals surface area contributed by atoms with Crippen LogP contribution in [-0.2, 0) is 0 Å².